The van der Waals surface area contributed by atoms with Gasteiger partial charge in [-0.15, -0.1) is 0 Å². The maximum absolute atomic E-state index is 13.8. The summed E-state index contributed by atoms with van der Waals surface area (Å²) in [4.78, 5) is 17.2. The fraction of sp³-hybridized carbons (Fsp3) is 0.0476. The van der Waals surface area contributed by atoms with Crippen LogP contribution in [0.15, 0.2) is 76.8 Å². The summed E-state index contributed by atoms with van der Waals surface area (Å²) in [5.74, 6) is -1.09. The fourth-order valence-electron chi connectivity index (χ4n) is 2.46. The summed E-state index contributed by atoms with van der Waals surface area (Å²) in [6, 6.07) is 12.5. The van der Waals surface area contributed by atoms with Crippen molar-refractivity contribution in [2.75, 3.05) is 0 Å². The normalized spacial score (nSPS) is 11.0. The lowest BCUT2D eigenvalue weighted by molar-refractivity contribution is 0.129. The number of oxime groups is 1. The maximum atomic E-state index is 13.8. The Hall–Kier alpha value is -4.14. The zero-order valence-corrected chi connectivity index (χ0v) is 15.4. The molecule has 9 heteroatoms. The number of rotatable bonds is 7. The Balaban J connectivity index is 1.32. The molecule has 0 unspecified atom stereocenters. The Morgan fingerprint density at radius 1 is 0.967 bits per heavy atom. The highest BCUT2D eigenvalue weighted by molar-refractivity contribution is 5.79. The van der Waals surface area contributed by atoms with Crippen molar-refractivity contribution in [2.45, 2.75) is 6.61 Å². The third-order valence-corrected chi connectivity index (χ3v) is 3.85. The molecular formula is C21H14F2N4O3. The van der Waals surface area contributed by atoms with Gasteiger partial charge in [0.15, 0.2) is 6.61 Å². The second-order valence-corrected chi connectivity index (χ2v) is 5.95. The van der Waals surface area contributed by atoms with Gasteiger partial charge in [-0.2, -0.15) is 0 Å². The number of aromatic nitrogens is 3. The first kappa shape index (κ1) is 19.2. The quantitative estimate of drug-likeness (QED) is 0.324. The number of oxazole rings is 1. The second-order valence-electron chi connectivity index (χ2n) is 5.95. The van der Waals surface area contributed by atoms with E-state index in [4.69, 9.17) is 14.0 Å². The van der Waals surface area contributed by atoms with E-state index in [2.05, 4.69) is 20.1 Å². The van der Waals surface area contributed by atoms with Gasteiger partial charge in [0.1, 0.15) is 34.9 Å². The molecule has 0 radical (unpaired) electrons. The van der Waals surface area contributed by atoms with E-state index in [0.717, 1.165) is 17.7 Å². The van der Waals surface area contributed by atoms with Crippen molar-refractivity contribution in [1.29, 1.82) is 0 Å². The molecule has 0 spiro atoms. The molecule has 30 heavy (non-hydrogen) atoms. The summed E-state index contributed by atoms with van der Waals surface area (Å²) in [7, 11) is 0. The highest BCUT2D eigenvalue weighted by atomic mass is 19.1. The average Bonchev–Trinajstić information content (AvgIpc) is 3.21. The lowest BCUT2D eigenvalue weighted by atomic mass is 10.2. The van der Waals surface area contributed by atoms with E-state index in [1.165, 1.54) is 18.5 Å². The minimum Gasteiger partial charge on any atom is -0.444 e. The predicted octanol–water partition coefficient (Wildman–Crippen LogP) is 4.75. The molecule has 0 aliphatic heterocycles. The molecule has 0 amide bonds. The van der Waals surface area contributed by atoms with Gasteiger partial charge >= 0.3 is 6.01 Å². The van der Waals surface area contributed by atoms with Crippen LogP contribution in [0, 0.1) is 11.6 Å². The van der Waals surface area contributed by atoms with Crippen molar-refractivity contribution in [3.05, 3.63) is 90.1 Å². The van der Waals surface area contributed by atoms with Crippen LogP contribution in [0.5, 0.6) is 11.8 Å². The standard InChI is InChI=1S/C21H14F2N4O3/c22-17-3-1-4-18(23)19(17)20-27-15(12-28-20)13-29-26-11-14-5-7-16(8-6-14)30-21-24-9-2-10-25-21/h1-12H,13H2/b26-11+. The summed E-state index contributed by atoms with van der Waals surface area (Å²) < 4.78 is 38.2. The van der Waals surface area contributed by atoms with E-state index in [-0.39, 0.29) is 24.1 Å². The minimum absolute atomic E-state index is 0.0252. The van der Waals surface area contributed by atoms with E-state index < -0.39 is 11.6 Å². The summed E-state index contributed by atoms with van der Waals surface area (Å²) >= 11 is 0. The smallest absolute Gasteiger partial charge is 0.321 e. The highest BCUT2D eigenvalue weighted by Crippen LogP contribution is 2.25. The third kappa shape index (κ3) is 4.64. The molecule has 0 fully saturated rings. The van der Waals surface area contributed by atoms with E-state index in [9.17, 15) is 8.78 Å². The van der Waals surface area contributed by atoms with Gasteiger partial charge in [-0.3, -0.25) is 0 Å². The average molecular weight is 408 g/mol. The van der Waals surface area contributed by atoms with Crippen LogP contribution in [0.25, 0.3) is 11.5 Å². The Labute approximate surface area is 169 Å². The molecule has 0 aliphatic rings. The number of nitrogens with zero attached hydrogens (tertiary/aromatic N) is 4. The first-order valence-corrected chi connectivity index (χ1v) is 8.78. The number of benzene rings is 2. The van der Waals surface area contributed by atoms with Gasteiger partial charge in [0.25, 0.3) is 0 Å². The molecule has 0 saturated carbocycles. The number of hydrogen-bond acceptors (Lipinski definition) is 7. The molecule has 0 aliphatic carbocycles. The van der Waals surface area contributed by atoms with E-state index in [0.29, 0.717) is 11.4 Å². The zero-order valence-electron chi connectivity index (χ0n) is 15.4. The molecule has 7 nitrogen and oxygen atoms in total. The molecule has 0 atom stereocenters. The van der Waals surface area contributed by atoms with Crippen molar-refractivity contribution in [3.8, 4) is 23.2 Å². The molecule has 150 valence electrons. The van der Waals surface area contributed by atoms with Gasteiger partial charge in [-0.25, -0.2) is 23.7 Å². The zero-order chi connectivity index (χ0) is 20.8. The molecule has 2 aromatic heterocycles. The van der Waals surface area contributed by atoms with E-state index in [1.54, 1.807) is 42.7 Å². The Bertz CT molecular complexity index is 1130. The van der Waals surface area contributed by atoms with Crippen molar-refractivity contribution in [3.63, 3.8) is 0 Å². The molecule has 0 saturated heterocycles. The predicted molar refractivity (Wildman–Crippen MR) is 103 cm³/mol. The lowest BCUT2D eigenvalue weighted by Crippen LogP contribution is -1.92. The summed E-state index contributed by atoms with van der Waals surface area (Å²) in [6.07, 6.45) is 5.94. The van der Waals surface area contributed by atoms with Crippen molar-refractivity contribution >= 4 is 6.21 Å². The molecule has 0 N–H and O–H groups in total. The van der Waals surface area contributed by atoms with Gasteiger partial charge in [-0.05, 0) is 48.0 Å². The van der Waals surface area contributed by atoms with E-state index >= 15 is 0 Å². The molecule has 4 rings (SSSR count). The topological polar surface area (TPSA) is 82.6 Å². The SMILES string of the molecule is Fc1cccc(F)c1-c1nc(CO/N=C/c2ccc(Oc3ncccn3)cc2)co1. The largest absolute Gasteiger partial charge is 0.444 e. The van der Waals surface area contributed by atoms with Crippen molar-refractivity contribution in [2.24, 2.45) is 5.16 Å². The van der Waals surface area contributed by atoms with Gasteiger partial charge in [-0.1, -0.05) is 11.2 Å². The highest BCUT2D eigenvalue weighted by Gasteiger charge is 2.16. The Morgan fingerprint density at radius 2 is 1.70 bits per heavy atom. The lowest BCUT2D eigenvalue weighted by Gasteiger charge is -2.02. The minimum atomic E-state index is -0.756. The molecule has 2 heterocycles. The van der Waals surface area contributed by atoms with Gasteiger partial charge in [0, 0.05) is 12.4 Å². The summed E-state index contributed by atoms with van der Waals surface area (Å²) in [6.45, 7) is -0.0252. The van der Waals surface area contributed by atoms with Crippen LogP contribution >= 0.6 is 0 Å². The monoisotopic (exact) mass is 408 g/mol. The van der Waals surface area contributed by atoms with Crippen LogP contribution in [0.3, 0.4) is 0 Å². The van der Waals surface area contributed by atoms with Crippen LogP contribution in [0.2, 0.25) is 0 Å². The fourth-order valence-corrected chi connectivity index (χ4v) is 2.46. The molecule has 2 aromatic carbocycles. The molecular weight excluding hydrogens is 394 g/mol. The van der Waals surface area contributed by atoms with Crippen LogP contribution in [0.1, 0.15) is 11.3 Å². The van der Waals surface area contributed by atoms with Crippen LogP contribution < -0.4 is 4.74 Å². The second kappa shape index (κ2) is 8.91. The molecule has 0 bridgehead atoms. The third-order valence-electron chi connectivity index (χ3n) is 3.85. The van der Waals surface area contributed by atoms with Gasteiger partial charge < -0.3 is 14.0 Å². The van der Waals surface area contributed by atoms with Gasteiger partial charge in [0.05, 0.1) is 6.21 Å². The first-order valence-electron chi connectivity index (χ1n) is 8.78. The Kier molecular flexibility index (Phi) is 5.70. The van der Waals surface area contributed by atoms with Crippen molar-refractivity contribution < 1.29 is 22.8 Å². The summed E-state index contributed by atoms with van der Waals surface area (Å²) in [5, 5.41) is 3.85. The van der Waals surface area contributed by atoms with Crippen LogP contribution in [0.4, 0.5) is 8.78 Å². The number of halogens is 2. The Morgan fingerprint density at radius 3 is 2.43 bits per heavy atom. The van der Waals surface area contributed by atoms with Crippen molar-refractivity contribution in [1.82, 2.24) is 15.0 Å². The maximum Gasteiger partial charge on any atom is 0.321 e. The first-order chi connectivity index (χ1) is 14.7. The summed E-state index contributed by atoms with van der Waals surface area (Å²) in [5.41, 5.74) is 0.789. The number of hydrogen-bond donors (Lipinski definition) is 0. The van der Waals surface area contributed by atoms with Crippen LogP contribution in [-0.2, 0) is 11.4 Å². The molecule has 4 aromatic rings. The number of ether oxygens (including phenoxy) is 1. The van der Waals surface area contributed by atoms with E-state index in [1.807, 2.05) is 0 Å². The van der Waals surface area contributed by atoms with Crippen LogP contribution in [-0.4, -0.2) is 21.2 Å². The van der Waals surface area contributed by atoms with Gasteiger partial charge in [0.2, 0.25) is 5.89 Å².